The summed E-state index contributed by atoms with van der Waals surface area (Å²) >= 11 is 0. The van der Waals surface area contributed by atoms with Crippen molar-refractivity contribution in [1.82, 2.24) is 30.4 Å². The van der Waals surface area contributed by atoms with Gasteiger partial charge in [0.15, 0.2) is 6.23 Å². The van der Waals surface area contributed by atoms with E-state index in [1.165, 1.54) is 6.92 Å². The van der Waals surface area contributed by atoms with Crippen molar-refractivity contribution in [2.75, 3.05) is 0 Å². The molecular weight excluding hydrogens is 400 g/mol. The molecular formula is C21H22N6O4. The number of hydrogen-bond donors (Lipinski definition) is 1. The minimum Gasteiger partial charge on any atom is -0.436 e. The highest BCUT2D eigenvalue weighted by atomic mass is 16.6. The highest BCUT2D eigenvalue weighted by Crippen LogP contribution is 2.69. The molecule has 31 heavy (non-hydrogen) atoms. The van der Waals surface area contributed by atoms with Crippen LogP contribution >= 0.6 is 0 Å². The van der Waals surface area contributed by atoms with Gasteiger partial charge in [-0.3, -0.25) is 4.79 Å². The fourth-order valence-electron chi connectivity index (χ4n) is 4.65. The first-order valence-corrected chi connectivity index (χ1v) is 10.3. The van der Waals surface area contributed by atoms with E-state index in [2.05, 4.69) is 27.5 Å². The first-order chi connectivity index (χ1) is 14.9. The smallest absolute Gasteiger partial charge is 0.343 e. The van der Waals surface area contributed by atoms with E-state index in [-0.39, 0.29) is 16.7 Å². The molecule has 0 aliphatic heterocycles. The van der Waals surface area contributed by atoms with Crippen LogP contribution < -0.4 is 4.74 Å². The Morgan fingerprint density at radius 3 is 2.87 bits per heavy atom. The highest BCUT2D eigenvalue weighted by Gasteiger charge is 2.61. The number of nitrogens with zero attached hydrogens (tertiary/aromatic N) is 5. The van der Waals surface area contributed by atoms with Gasteiger partial charge < -0.3 is 9.47 Å². The third-order valence-corrected chi connectivity index (χ3v) is 6.33. The predicted octanol–water partition coefficient (Wildman–Crippen LogP) is 2.80. The molecule has 2 heterocycles. The van der Waals surface area contributed by atoms with Gasteiger partial charge in [0.1, 0.15) is 17.0 Å². The maximum Gasteiger partial charge on any atom is 0.343 e. The molecule has 3 unspecified atom stereocenters. The number of carbonyl (C=O) groups excluding carboxylic acids is 2. The van der Waals surface area contributed by atoms with E-state index in [4.69, 9.17) is 14.6 Å². The van der Waals surface area contributed by atoms with Gasteiger partial charge in [0.2, 0.25) is 5.82 Å². The summed E-state index contributed by atoms with van der Waals surface area (Å²) in [4.78, 5) is 24.2. The molecule has 0 spiro atoms. The minimum absolute atomic E-state index is 0.152. The normalized spacial score (nSPS) is 21.8. The number of fused-ring (bicyclic) bond motifs is 3. The number of esters is 2. The van der Waals surface area contributed by atoms with Gasteiger partial charge in [-0.1, -0.05) is 19.1 Å². The summed E-state index contributed by atoms with van der Waals surface area (Å²) < 4.78 is 12.5. The number of nitrogens with one attached hydrogen (secondary N) is 1. The molecule has 160 valence electrons. The number of hydrogen-bond acceptors (Lipinski definition) is 8. The lowest BCUT2D eigenvalue weighted by Crippen LogP contribution is -2.19. The molecule has 1 N–H and O–H groups in total. The van der Waals surface area contributed by atoms with Crippen LogP contribution in [0.15, 0.2) is 24.3 Å². The van der Waals surface area contributed by atoms with E-state index in [0.29, 0.717) is 11.7 Å². The maximum atomic E-state index is 12.9. The molecule has 2 aliphatic rings. The Balaban J connectivity index is 1.46. The van der Waals surface area contributed by atoms with Gasteiger partial charge in [-0.2, -0.15) is 10.3 Å². The molecule has 1 fully saturated rings. The molecule has 1 aromatic carbocycles. The molecule has 2 aliphatic carbocycles. The number of H-pyrrole nitrogens is 1. The van der Waals surface area contributed by atoms with E-state index < -0.39 is 18.2 Å². The first-order valence-electron chi connectivity index (χ1n) is 10.3. The molecule has 1 saturated carbocycles. The SMILES string of the molecule is CCC12Cc3c(nn(C(C)OC(=O)c4ccccc4OC(C)=O)c3-c3nn[nH]n3)C1C2. The standard InChI is InChI=1S/C21H22N6O4/c1-4-21-9-14-17(15(21)10-21)24-27(18(14)19-22-25-26-23-19)11(2)30-20(29)13-7-5-6-8-16(13)31-12(3)28/h5-8,11,15H,4,9-10H2,1-3H3,(H,22,23,25,26). The number of tetrazole rings is 1. The van der Waals surface area contributed by atoms with Crippen molar-refractivity contribution in [3.63, 3.8) is 0 Å². The molecule has 2 aromatic heterocycles. The zero-order chi connectivity index (χ0) is 21.8. The van der Waals surface area contributed by atoms with Crippen LogP contribution in [0.3, 0.4) is 0 Å². The Hall–Kier alpha value is -3.56. The van der Waals surface area contributed by atoms with Crippen molar-refractivity contribution in [1.29, 1.82) is 0 Å². The topological polar surface area (TPSA) is 125 Å². The van der Waals surface area contributed by atoms with Crippen LogP contribution in [-0.2, 0) is 16.0 Å². The summed E-state index contributed by atoms with van der Waals surface area (Å²) in [6, 6.07) is 6.46. The van der Waals surface area contributed by atoms with Gasteiger partial charge in [-0.25, -0.2) is 9.48 Å². The summed E-state index contributed by atoms with van der Waals surface area (Å²) in [5.41, 5.74) is 3.31. The minimum atomic E-state index is -0.730. The van der Waals surface area contributed by atoms with E-state index >= 15 is 0 Å². The number of aromatic amines is 1. The monoisotopic (exact) mass is 422 g/mol. The zero-order valence-corrected chi connectivity index (χ0v) is 17.5. The molecule has 5 rings (SSSR count). The van der Waals surface area contributed by atoms with E-state index in [0.717, 1.165) is 36.2 Å². The van der Waals surface area contributed by atoms with Gasteiger partial charge >= 0.3 is 11.9 Å². The van der Waals surface area contributed by atoms with Crippen LogP contribution in [0, 0.1) is 5.41 Å². The Morgan fingerprint density at radius 1 is 1.35 bits per heavy atom. The highest BCUT2D eigenvalue weighted by molar-refractivity contribution is 5.93. The average molecular weight is 422 g/mol. The second kappa shape index (κ2) is 7.00. The molecule has 0 bridgehead atoms. The van der Waals surface area contributed by atoms with Crippen molar-refractivity contribution in [3.05, 3.63) is 41.1 Å². The molecule has 3 aromatic rings. The average Bonchev–Trinajstić information content (AvgIpc) is 3.08. The van der Waals surface area contributed by atoms with Crippen LogP contribution in [0.2, 0.25) is 0 Å². The Bertz CT molecular complexity index is 1170. The summed E-state index contributed by atoms with van der Waals surface area (Å²) in [5.74, 6) is -0.135. The molecule has 3 atom stereocenters. The summed E-state index contributed by atoms with van der Waals surface area (Å²) in [5, 5.41) is 19.3. The van der Waals surface area contributed by atoms with Crippen LogP contribution in [0.5, 0.6) is 5.75 Å². The molecule has 0 radical (unpaired) electrons. The van der Waals surface area contributed by atoms with Crippen molar-refractivity contribution >= 4 is 11.9 Å². The molecule has 0 saturated heterocycles. The number of aromatic nitrogens is 6. The lowest BCUT2D eigenvalue weighted by molar-refractivity contribution is -0.131. The van der Waals surface area contributed by atoms with Crippen LogP contribution in [0.1, 0.15) is 67.4 Å². The summed E-state index contributed by atoms with van der Waals surface area (Å²) in [6.45, 7) is 5.22. The van der Waals surface area contributed by atoms with Crippen LogP contribution in [-0.4, -0.2) is 42.3 Å². The van der Waals surface area contributed by atoms with Gasteiger partial charge in [0, 0.05) is 18.4 Å². The van der Waals surface area contributed by atoms with E-state index in [1.807, 2.05) is 0 Å². The third-order valence-electron chi connectivity index (χ3n) is 6.33. The number of ether oxygens (including phenoxy) is 2. The lowest BCUT2D eigenvalue weighted by atomic mass is 9.97. The Labute approximate surface area is 177 Å². The van der Waals surface area contributed by atoms with Crippen molar-refractivity contribution in [3.8, 4) is 17.3 Å². The number of carbonyl (C=O) groups is 2. The molecule has 10 heteroatoms. The first kappa shape index (κ1) is 19.4. The third kappa shape index (κ3) is 3.09. The van der Waals surface area contributed by atoms with E-state index in [9.17, 15) is 9.59 Å². The quantitative estimate of drug-likeness (QED) is 0.475. The van der Waals surface area contributed by atoms with Gasteiger partial charge in [-0.15, -0.1) is 10.2 Å². The second-order valence-electron chi connectivity index (χ2n) is 8.14. The Kier molecular flexibility index (Phi) is 4.38. The second-order valence-corrected chi connectivity index (χ2v) is 8.14. The maximum absolute atomic E-state index is 12.9. The van der Waals surface area contributed by atoms with Crippen molar-refractivity contribution in [2.45, 2.75) is 52.2 Å². The fourth-order valence-corrected chi connectivity index (χ4v) is 4.65. The molecule has 10 nitrogen and oxygen atoms in total. The van der Waals surface area contributed by atoms with E-state index in [1.54, 1.807) is 35.9 Å². The Morgan fingerprint density at radius 2 is 2.16 bits per heavy atom. The lowest BCUT2D eigenvalue weighted by Gasteiger charge is -2.18. The zero-order valence-electron chi connectivity index (χ0n) is 17.5. The molecule has 0 amide bonds. The van der Waals surface area contributed by atoms with Crippen LogP contribution in [0.4, 0.5) is 0 Å². The van der Waals surface area contributed by atoms with Gasteiger partial charge in [0.05, 0.1) is 5.69 Å². The largest absolute Gasteiger partial charge is 0.436 e. The fraction of sp³-hybridized carbons (Fsp3) is 0.429. The van der Waals surface area contributed by atoms with Crippen molar-refractivity contribution < 1.29 is 19.1 Å². The number of para-hydroxylation sites is 1. The number of benzene rings is 1. The van der Waals surface area contributed by atoms with Crippen LogP contribution in [0.25, 0.3) is 11.5 Å². The van der Waals surface area contributed by atoms with Gasteiger partial charge in [0.25, 0.3) is 0 Å². The van der Waals surface area contributed by atoms with Gasteiger partial charge in [-0.05, 0) is 48.9 Å². The predicted molar refractivity (Wildman–Crippen MR) is 107 cm³/mol. The number of rotatable bonds is 6. The summed E-state index contributed by atoms with van der Waals surface area (Å²) in [7, 11) is 0. The van der Waals surface area contributed by atoms with Crippen molar-refractivity contribution in [2.24, 2.45) is 5.41 Å². The summed E-state index contributed by atoms with van der Waals surface area (Å²) in [6.07, 6.45) is 2.40.